The quantitative estimate of drug-likeness (QED) is 0.867. The highest BCUT2D eigenvalue weighted by molar-refractivity contribution is 5.56. The second kappa shape index (κ2) is 5.19. The van der Waals surface area contributed by atoms with E-state index in [2.05, 4.69) is 34.1 Å². The molecule has 2 N–H and O–H groups in total. The summed E-state index contributed by atoms with van der Waals surface area (Å²) in [7, 11) is 0. The summed E-state index contributed by atoms with van der Waals surface area (Å²) in [4.78, 5) is 4.94. The topological polar surface area (TPSA) is 32.5 Å². The van der Waals surface area contributed by atoms with Gasteiger partial charge in [0, 0.05) is 43.6 Å². The Labute approximate surface area is 110 Å². The zero-order valence-electron chi connectivity index (χ0n) is 11.0. The van der Waals surface area contributed by atoms with Gasteiger partial charge in [0.2, 0.25) is 0 Å². The molecule has 2 fully saturated rings. The molecule has 0 atom stereocenters. The molecule has 1 aromatic carbocycles. The van der Waals surface area contributed by atoms with Crippen molar-refractivity contribution in [2.45, 2.75) is 31.7 Å². The van der Waals surface area contributed by atoms with Gasteiger partial charge >= 0.3 is 0 Å². The summed E-state index contributed by atoms with van der Waals surface area (Å²) in [5.74, 6) is 0. The molecule has 2 aliphatic rings. The number of hydrogen-bond acceptors (Lipinski definition) is 3. The van der Waals surface area contributed by atoms with Gasteiger partial charge in [0.15, 0.2) is 0 Å². The molecular weight excluding hydrogens is 222 g/mol. The Morgan fingerprint density at radius 1 is 0.778 bits per heavy atom. The number of hydrogen-bond donors (Lipinski definition) is 1. The lowest BCUT2D eigenvalue weighted by Crippen LogP contribution is -2.39. The fourth-order valence-electron chi connectivity index (χ4n) is 3.01. The molecule has 3 nitrogen and oxygen atoms in total. The Hall–Kier alpha value is -1.22. The fraction of sp³-hybridized carbons (Fsp3) is 0.600. The number of anilines is 2. The zero-order valence-corrected chi connectivity index (χ0v) is 11.0. The second-order valence-corrected chi connectivity index (χ2v) is 5.54. The fourth-order valence-corrected chi connectivity index (χ4v) is 3.01. The SMILES string of the molecule is NC1CCN(c2ccc(N3CCCC3)cc2)CC1. The van der Waals surface area contributed by atoms with Crippen LogP contribution < -0.4 is 15.5 Å². The maximum atomic E-state index is 5.95. The van der Waals surface area contributed by atoms with E-state index >= 15 is 0 Å². The van der Waals surface area contributed by atoms with Gasteiger partial charge < -0.3 is 15.5 Å². The molecule has 3 heteroatoms. The first-order valence-corrected chi connectivity index (χ1v) is 7.18. The van der Waals surface area contributed by atoms with Gasteiger partial charge in [-0.15, -0.1) is 0 Å². The monoisotopic (exact) mass is 245 g/mol. The second-order valence-electron chi connectivity index (χ2n) is 5.54. The molecule has 0 aromatic heterocycles. The van der Waals surface area contributed by atoms with E-state index in [1.54, 1.807) is 0 Å². The third-order valence-electron chi connectivity index (χ3n) is 4.23. The Morgan fingerprint density at radius 3 is 1.72 bits per heavy atom. The maximum absolute atomic E-state index is 5.95. The normalized spacial score (nSPS) is 21.6. The van der Waals surface area contributed by atoms with Crippen molar-refractivity contribution in [1.82, 2.24) is 0 Å². The first kappa shape index (κ1) is 11.8. The van der Waals surface area contributed by atoms with Crippen LogP contribution in [0.1, 0.15) is 25.7 Å². The Kier molecular flexibility index (Phi) is 3.41. The lowest BCUT2D eigenvalue weighted by atomic mass is 10.1. The number of nitrogens with zero attached hydrogens (tertiary/aromatic N) is 2. The molecule has 1 aromatic rings. The van der Waals surface area contributed by atoms with Crippen molar-refractivity contribution >= 4 is 11.4 Å². The molecule has 0 radical (unpaired) electrons. The summed E-state index contributed by atoms with van der Waals surface area (Å²) in [6.07, 6.45) is 4.92. The summed E-state index contributed by atoms with van der Waals surface area (Å²) < 4.78 is 0. The van der Waals surface area contributed by atoms with Crippen LogP contribution in [-0.4, -0.2) is 32.2 Å². The van der Waals surface area contributed by atoms with Crippen LogP contribution in [0.4, 0.5) is 11.4 Å². The van der Waals surface area contributed by atoms with Crippen LogP contribution in [0.5, 0.6) is 0 Å². The van der Waals surface area contributed by atoms with E-state index in [0.717, 1.165) is 25.9 Å². The van der Waals surface area contributed by atoms with Crippen molar-refractivity contribution in [3.63, 3.8) is 0 Å². The van der Waals surface area contributed by atoms with E-state index < -0.39 is 0 Å². The minimum atomic E-state index is 0.408. The van der Waals surface area contributed by atoms with Crippen molar-refractivity contribution < 1.29 is 0 Å². The van der Waals surface area contributed by atoms with Crippen molar-refractivity contribution in [2.75, 3.05) is 36.0 Å². The van der Waals surface area contributed by atoms with Crippen LogP contribution in [0.15, 0.2) is 24.3 Å². The van der Waals surface area contributed by atoms with E-state index in [1.807, 2.05) is 0 Å². The van der Waals surface area contributed by atoms with Crippen molar-refractivity contribution in [3.8, 4) is 0 Å². The summed E-state index contributed by atoms with van der Waals surface area (Å²) in [6, 6.07) is 9.49. The van der Waals surface area contributed by atoms with E-state index in [9.17, 15) is 0 Å². The molecule has 0 aliphatic carbocycles. The molecule has 2 heterocycles. The third kappa shape index (κ3) is 2.46. The predicted molar refractivity (Wildman–Crippen MR) is 77.3 cm³/mol. The minimum absolute atomic E-state index is 0.408. The molecule has 2 saturated heterocycles. The highest BCUT2D eigenvalue weighted by Gasteiger charge is 2.17. The van der Waals surface area contributed by atoms with E-state index in [4.69, 9.17) is 5.73 Å². The van der Waals surface area contributed by atoms with Crippen LogP contribution in [-0.2, 0) is 0 Å². The molecule has 2 aliphatic heterocycles. The molecular formula is C15H23N3. The number of rotatable bonds is 2. The average Bonchev–Trinajstić information content (AvgIpc) is 2.94. The maximum Gasteiger partial charge on any atom is 0.0367 e. The van der Waals surface area contributed by atoms with Crippen LogP contribution in [0.3, 0.4) is 0 Å². The molecule has 0 amide bonds. The third-order valence-corrected chi connectivity index (χ3v) is 4.23. The van der Waals surface area contributed by atoms with Crippen LogP contribution in [0.2, 0.25) is 0 Å². The minimum Gasteiger partial charge on any atom is -0.372 e. The van der Waals surface area contributed by atoms with Gasteiger partial charge in [-0.3, -0.25) is 0 Å². The van der Waals surface area contributed by atoms with Gasteiger partial charge in [-0.05, 0) is 49.9 Å². The van der Waals surface area contributed by atoms with Crippen LogP contribution in [0.25, 0.3) is 0 Å². The number of piperidine rings is 1. The van der Waals surface area contributed by atoms with Gasteiger partial charge in [0.25, 0.3) is 0 Å². The largest absolute Gasteiger partial charge is 0.372 e. The summed E-state index contributed by atoms with van der Waals surface area (Å²) in [5.41, 5.74) is 8.68. The van der Waals surface area contributed by atoms with Crippen molar-refractivity contribution in [1.29, 1.82) is 0 Å². The number of nitrogens with two attached hydrogens (primary N) is 1. The van der Waals surface area contributed by atoms with Gasteiger partial charge in [0.1, 0.15) is 0 Å². The standard InChI is InChI=1S/C15H23N3/c16-13-7-11-18(12-8-13)15-5-3-14(4-6-15)17-9-1-2-10-17/h3-6,13H,1-2,7-12,16H2. The molecule has 0 spiro atoms. The van der Waals surface area contributed by atoms with Gasteiger partial charge in [-0.2, -0.15) is 0 Å². The molecule has 0 saturated carbocycles. The predicted octanol–water partition coefficient (Wildman–Crippen LogP) is 2.21. The lowest BCUT2D eigenvalue weighted by molar-refractivity contribution is 0.501. The Morgan fingerprint density at radius 2 is 1.22 bits per heavy atom. The Bertz CT molecular complexity index is 373. The van der Waals surface area contributed by atoms with Gasteiger partial charge in [-0.1, -0.05) is 0 Å². The molecule has 3 rings (SSSR count). The smallest absolute Gasteiger partial charge is 0.0367 e. The van der Waals surface area contributed by atoms with Crippen molar-refractivity contribution in [3.05, 3.63) is 24.3 Å². The first-order valence-electron chi connectivity index (χ1n) is 7.18. The van der Waals surface area contributed by atoms with Crippen LogP contribution >= 0.6 is 0 Å². The van der Waals surface area contributed by atoms with Crippen molar-refractivity contribution in [2.24, 2.45) is 5.73 Å². The van der Waals surface area contributed by atoms with E-state index in [1.165, 1.54) is 37.3 Å². The number of benzene rings is 1. The summed E-state index contributed by atoms with van der Waals surface area (Å²) in [5, 5.41) is 0. The average molecular weight is 245 g/mol. The van der Waals surface area contributed by atoms with Gasteiger partial charge in [0.05, 0.1) is 0 Å². The first-order chi connectivity index (χ1) is 8.83. The highest BCUT2D eigenvalue weighted by atomic mass is 15.2. The van der Waals surface area contributed by atoms with E-state index in [-0.39, 0.29) is 0 Å². The molecule has 98 valence electrons. The zero-order chi connectivity index (χ0) is 12.4. The molecule has 0 bridgehead atoms. The Balaban J connectivity index is 1.67. The van der Waals surface area contributed by atoms with Gasteiger partial charge in [-0.25, -0.2) is 0 Å². The molecule has 0 unspecified atom stereocenters. The summed E-state index contributed by atoms with van der Waals surface area (Å²) >= 11 is 0. The lowest BCUT2D eigenvalue weighted by Gasteiger charge is -2.32. The van der Waals surface area contributed by atoms with Crippen LogP contribution in [0, 0.1) is 0 Å². The van der Waals surface area contributed by atoms with E-state index in [0.29, 0.717) is 6.04 Å². The highest BCUT2D eigenvalue weighted by Crippen LogP contribution is 2.25. The molecule has 18 heavy (non-hydrogen) atoms. The summed E-state index contributed by atoms with van der Waals surface area (Å²) in [6.45, 7) is 4.64.